The molecule has 0 unspecified atom stereocenters. The molecule has 0 bridgehead atoms. The number of aryl methyl sites for hydroxylation is 2. The molecule has 1 N–H and O–H groups in total. The third-order valence-corrected chi connectivity index (χ3v) is 5.44. The van der Waals surface area contributed by atoms with E-state index in [0.29, 0.717) is 33.6 Å². The van der Waals surface area contributed by atoms with E-state index in [1.807, 2.05) is 53.9 Å². The van der Waals surface area contributed by atoms with E-state index >= 15 is 0 Å². The summed E-state index contributed by atoms with van der Waals surface area (Å²) in [6.45, 7) is 3.77. The van der Waals surface area contributed by atoms with Gasteiger partial charge < -0.3 is 9.72 Å². The zero-order valence-electron chi connectivity index (χ0n) is 16.8. The van der Waals surface area contributed by atoms with E-state index in [4.69, 9.17) is 16.6 Å². The molecule has 3 heterocycles. The number of halogens is 2. The zero-order chi connectivity index (χ0) is 21.5. The summed E-state index contributed by atoms with van der Waals surface area (Å²) in [5, 5.41) is 8.02. The molecule has 3 aromatic heterocycles. The van der Waals surface area contributed by atoms with Crippen molar-refractivity contribution in [1.82, 2.24) is 24.1 Å². The average Bonchev–Trinajstić information content (AvgIpc) is 3.34. The van der Waals surface area contributed by atoms with Crippen LogP contribution in [0.15, 0.2) is 67.1 Å². The molecule has 0 saturated carbocycles. The summed E-state index contributed by atoms with van der Waals surface area (Å²) in [4.78, 5) is 8.89. The zero-order valence-corrected chi connectivity index (χ0v) is 17.6. The standard InChI is InChI=1S/C23H18ClFN6/c1-14-22(17-6-3-4-7-18(17)24)28-23-21(8-5-11-30(14)23)27-20-10-9-16(12-19(20)25)31-13-26-15(2)29-31/h3-13,27H,1-2H3. The van der Waals surface area contributed by atoms with Crippen molar-refractivity contribution in [3.63, 3.8) is 0 Å². The number of rotatable bonds is 4. The molecule has 154 valence electrons. The van der Waals surface area contributed by atoms with Gasteiger partial charge in [-0.2, -0.15) is 5.10 Å². The SMILES string of the molecule is Cc1ncn(-c2ccc(Nc3cccn4c(C)c(-c5ccccc5Cl)nc34)c(F)c2)n1. The van der Waals surface area contributed by atoms with Crippen LogP contribution in [0.3, 0.4) is 0 Å². The van der Waals surface area contributed by atoms with Crippen LogP contribution in [0.4, 0.5) is 15.8 Å². The lowest BCUT2D eigenvalue weighted by Crippen LogP contribution is -2.00. The molecule has 6 nitrogen and oxygen atoms in total. The second kappa shape index (κ2) is 7.52. The van der Waals surface area contributed by atoms with Crippen molar-refractivity contribution in [2.45, 2.75) is 13.8 Å². The van der Waals surface area contributed by atoms with Crippen molar-refractivity contribution < 1.29 is 4.39 Å². The van der Waals surface area contributed by atoms with Gasteiger partial charge in [0.25, 0.3) is 0 Å². The topological polar surface area (TPSA) is 60.0 Å². The Morgan fingerprint density at radius 1 is 1.00 bits per heavy atom. The highest BCUT2D eigenvalue weighted by molar-refractivity contribution is 6.33. The number of anilines is 2. The van der Waals surface area contributed by atoms with Crippen LogP contribution in [0.5, 0.6) is 0 Å². The molecule has 0 atom stereocenters. The molecule has 0 fully saturated rings. The lowest BCUT2D eigenvalue weighted by molar-refractivity contribution is 0.629. The van der Waals surface area contributed by atoms with Crippen LogP contribution in [0.2, 0.25) is 5.02 Å². The molecule has 5 rings (SSSR count). The number of hydrogen-bond donors (Lipinski definition) is 1. The van der Waals surface area contributed by atoms with Gasteiger partial charge in [0.2, 0.25) is 0 Å². The van der Waals surface area contributed by atoms with Gasteiger partial charge in [-0.1, -0.05) is 29.8 Å². The van der Waals surface area contributed by atoms with Gasteiger partial charge in [-0.15, -0.1) is 0 Å². The Hall–Kier alpha value is -3.71. The van der Waals surface area contributed by atoms with Gasteiger partial charge in [0.05, 0.1) is 27.8 Å². The number of pyridine rings is 1. The molecule has 31 heavy (non-hydrogen) atoms. The predicted molar refractivity (Wildman–Crippen MR) is 120 cm³/mol. The minimum absolute atomic E-state index is 0.341. The van der Waals surface area contributed by atoms with Crippen molar-refractivity contribution in [3.8, 4) is 16.9 Å². The summed E-state index contributed by atoms with van der Waals surface area (Å²) < 4.78 is 18.4. The van der Waals surface area contributed by atoms with Gasteiger partial charge in [-0.25, -0.2) is 19.0 Å². The Balaban J connectivity index is 1.54. The van der Waals surface area contributed by atoms with Gasteiger partial charge in [0, 0.05) is 23.5 Å². The quantitative estimate of drug-likeness (QED) is 0.393. The predicted octanol–water partition coefficient (Wildman–Crippen LogP) is 5.73. The van der Waals surface area contributed by atoms with Gasteiger partial charge in [-0.05, 0) is 44.2 Å². The average molecular weight is 433 g/mol. The number of benzene rings is 2. The highest BCUT2D eigenvalue weighted by Gasteiger charge is 2.16. The van der Waals surface area contributed by atoms with E-state index in [0.717, 1.165) is 17.0 Å². The third kappa shape index (κ3) is 3.43. The smallest absolute Gasteiger partial charge is 0.161 e. The van der Waals surface area contributed by atoms with E-state index in [1.165, 1.54) is 10.7 Å². The highest BCUT2D eigenvalue weighted by atomic mass is 35.5. The largest absolute Gasteiger partial charge is 0.350 e. The Kier molecular flexibility index (Phi) is 4.67. The molecule has 2 aromatic carbocycles. The van der Waals surface area contributed by atoms with Crippen molar-refractivity contribution >= 4 is 28.6 Å². The summed E-state index contributed by atoms with van der Waals surface area (Å²) in [6, 6.07) is 16.2. The lowest BCUT2D eigenvalue weighted by atomic mass is 10.1. The van der Waals surface area contributed by atoms with Gasteiger partial charge in [-0.3, -0.25) is 0 Å². The molecule has 0 radical (unpaired) electrons. The van der Waals surface area contributed by atoms with Crippen LogP contribution in [0.1, 0.15) is 11.5 Å². The first kappa shape index (κ1) is 19.3. The fourth-order valence-electron chi connectivity index (χ4n) is 3.55. The summed E-state index contributed by atoms with van der Waals surface area (Å²) in [5.74, 6) is 0.223. The van der Waals surface area contributed by atoms with Crippen LogP contribution in [0, 0.1) is 19.7 Å². The van der Waals surface area contributed by atoms with Crippen LogP contribution in [0.25, 0.3) is 22.6 Å². The Morgan fingerprint density at radius 2 is 1.84 bits per heavy atom. The number of aromatic nitrogens is 5. The van der Waals surface area contributed by atoms with E-state index in [1.54, 1.807) is 25.4 Å². The maximum absolute atomic E-state index is 14.9. The summed E-state index contributed by atoms with van der Waals surface area (Å²) in [7, 11) is 0. The fourth-order valence-corrected chi connectivity index (χ4v) is 3.78. The second-order valence-corrected chi connectivity index (χ2v) is 7.57. The summed E-state index contributed by atoms with van der Waals surface area (Å²) >= 11 is 6.39. The number of nitrogens with one attached hydrogen (secondary N) is 1. The molecule has 0 aliphatic heterocycles. The van der Waals surface area contributed by atoms with Crippen molar-refractivity contribution in [2.24, 2.45) is 0 Å². The van der Waals surface area contributed by atoms with E-state index < -0.39 is 5.82 Å². The second-order valence-electron chi connectivity index (χ2n) is 7.17. The van der Waals surface area contributed by atoms with Crippen LogP contribution in [-0.4, -0.2) is 24.1 Å². The molecule has 0 amide bonds. The first-order chi connectivity index (χ1) is 15.0. The lowest BCUT2D eigenvalue weighted by Gasteiger charge is -2.10. The Labute approximate surface area is 183 Å². The van der Waals surface area contributed by atoms with Crippen LogP contribution < -0.4 is 5.32 Å². The maximum atomic E-state index is 14.9. The van der Waals surface area contributed by atoms with Crippen LogP contribution in [-0.2, 0) is 0 Å². The van der Waals surface area contributed by atoms with Crippen molar-refractivity contribution in [3.05, 3.63) is 89.5 Å². The number of fused-ring (bicyclic) bond motifs is 1. The first-order valence-corrected chi connectivity index (χ1v) is 10.1. The molecular weight excluding hydrogens is 415 g/mol. The third-order valence-electron chi connectivity index (χ3n) is 5.11. The maximum Gasteiger partial charge on any atom is 0.161 e. The molecular formula is C23H18ClFN6. The fraction of sp³-hybridized carbons (Fsp3) is 0.0870. The van der Waals surface area contributed by atoms with E-state index in [-0.39, 0.29) is 0 Å². The number of hydrogen-bond acceptors (Lipinski definition) is 4. The van der Waals surface area contributed by atoms with Gasteiger partial charge in [0.15, 0.2) is 5.65 Å². The first-order valence-electron chi connectivity index (χ1n) is 9.69. The van der Waals surface area contributed by atoms with Crippen molar-refractivity contribution in [2.75, 3.05) is 5.32 Å². The minimum atomic E-state index is -0.401. The molecule has 0 saturated heterocycles. The molecule has 8 heteroatoms. The Morgan fingerprint density at radius 3 is 2.58 bits per heavy atom. The normalized spacial score (nSPS) is 11.2. The van der Waals surface area contributed by atoms with Gasteiger partial charge in [0.1, 0.15) is 18.0 Å². The monoisotopic (exact) mass is 432 g/mol. The number of imidazole rings is 1. The van der Waals surface area contributed by atoms with E-state index in [2.05, 4.69) is 15.4 Å². The Bertz CT molecular complexity index is 1420. The summed E-state index contributed by atoms with van der Waals surface area (Å²) in [5.41, 5.74) is 4.90. The number of nitrogens with zero attached hydrogens (tertiary/aromatic N) is 5. The van der Waals surface area contributed by atoms with Gasteiger partial charge >= 0.3 is 0 Å². The molecule has 0 spiro atoms. The molecule has 5 aromatic rings. The highest BCUT2D eigenvalue weighted by Crippen LogP contribution is 2.33. The van der Waals surface area contributed by atoms with Crippen LogP contribution >= 0.6 is 11.6 Å². The summed E-state index contributed by atoms with van der Waals surface area (Å²) in [6.07, 6.45) is 3.48. The van der Waals surface area contributed by atoms with Crippen molar-refractivity contribution in [1.29, 1.82) is 0 Å². The molecule has 0 aliphatic carbocycles. The minimum Gasteiger partial charge on any atom is -0.350 e. The molecule has 0 aliphatic rings. The van der Waals surface area contributed by atoms with E-state index in [9.17, 15) is 4.39 Å².